The summed E-state index contributed by atoms with van der Waals surface area (Å²) in [6.45, 7) is 4.25. The van der Waals surface area contributed by atoms with Gasteiger partial charge in [0.25, 0.3) is 5.91 Å². The third-order valence-corrected chi connectivity index (χ3v) is 7.40. The predicted octanol–water partition coefficient (Wildman–Crippen LogP) is 2.61. The van der Waals surface area contributed by atoms with Gasteiger partial charge >= 0.3 is 0 Å². The molecule has 2 fully saturated rings. The Kier molecular flexibility index (Phi) is 4.90. The van der Waals surface area contributed by atoms with Crippen molar-refractivity contribution in [3.8, 4) is 0 Å². The molecule has 1 saturated heterocycles. The highest BCUT2D eigenvalue weighted by Gasteiger charge is 2.51. The van der Waals surface area contributed by atoms with E-state index in [0.717, 1.165) is 53.8 Å². The third-order valence-electron chi connectivity index (χ3n) is 7.40. The average Bonchev–Trinajstić information content (AvgIpc) is 3.10. The van der Waals surface area contributed by atoms with Crippen LogP contribution in [0.4, 0.5) is 5.82 Å². The summed E-state index contributed by atoms with van der Waals surface area (Å²) in [6, 6.07) is 10.0. The number of hydrogen-bond acceptors (Lipinski definition) is 5. The molecule has 0 radical (unpaired) electrons. The molecule has 0 bridgehead atoms. The fourth-order valence-corrected chi connectivity index (χ4v) is 5.37. The number of carbonyl (C=O) groups is 2. The van der Waals surface area contributed by atoms with E-state index in [2.05, 4.69) is 40.5 Å². The Labute approximate surface area is 198 Å². The topological polar surface area (TPSA) is 106 Å². The van der Waals surface area contributed by atoms with Crippen molar-refractivity contribution in [3.05, 3.63) is 76.2 Å². The highest BCUT2D eigenvalue weighted by atomic mass is 16.2. The number of hydrogen-bond donors (Lipinski definition) is 2. The maximum Gasteiger partial charge on any atom is 0.254 e. The molecule has 2 aromatic heterocycles. The van der Waals surface area contributed by atoms with Gasteiger partial charge in [0.2, 0.25) is 5.91 Å². The summed E-state index contributed by atoms with van der Waals surface area (Å²) >= 11 is 0. The highest BCUT2D eigenvalue weighted by Crippen LogP contribution is 2.46. The van der Waals surface area contributed by atoms with Gasteiger partial charge in [-0.2, -0.15) is 5.10 Å². The highest BCUT2D eigenvalue weighted by molar-refractivity contribution is 5.94. The summed E-state index contributed by atoms with van der Waals surface area (Å²) in [6.07, 6.45) is 6.11. The van der Waals surface area contributed by atoms with E-state index in [1.165, 1.54) is 0 Å². The van der Waals surface area contributed by atoms with E-state index in [9.17, 15) is 9.59 Å². The van der Waals surface area contributed by atoms with Crippen molar-refractivity contribution in [2.75, 3.05) is 12.3 Å². The summed E-state index contributed by atoms with van der Waals surface area (Å²) in [5.41, 5.74) is 11.8. The van der Waals surface area contributed by atoms with E-state index in [1.54, 1.807) is 23.1 Å². The summed E-state index contributed by atoms with van der Waals surface area (Å²) in [7, 11) is 0. The monoisotopic (exact) mass is 456 g/mol. The van der Waals surface area contributed by atoms with Crippen LogP contribution in [-0.4, -0.2) is 38.0 Å². The summed E-state index contributed by atoms with van der Waals surface area (Å²) in [5, 5.41) is 7.51. The zero-order valence-electron chi connectivity index (χ0n) is 19.2. The first kappa shape index (κ1) is 20.9. The lowest BCUT2D eigenvalue weighted by Crippen LogP contribution is -2.27. The van der Waals surface area contributed by atoms with Crippen molar-refractivity contribution in [2.45, 2.75) is 45.3 Å². The molecule has 2 amide bonds. The number of rotatable bonds is 6. The molecule has 1 aliphatic heterocycles. The van der Waals surface area contributed by atoms with E-state index in [1.807, 2.05) is 11.0 Å². The Morgan fingerprint density at radius 2 is 2.12 bits per heavy atom. The maximum absolute atomic E-state index is 12.8. The van der Waals surface area contributed by atoms with Gasteiger partial charge in [-0.25, -0.2) is 4.98 Å². The normalized spacial score (nSPS) is 22.6. The maximum atomic E-state index is 12.8. The smallest absolute Gasteiger partial charge is 0.254 e. The first-order valence-corrected chi connectivity index (χ1v) is 11.9. The molecule has 3 aliphatic rings. The van der Waals surface area contributed by atoms with Gasteiger partial charge in [-0.3, -0.25) is 14.3 Å². The summed E-state index contributed by atoms with van der Waals surface area (Å²) in [4.78, 5) is 31.5. The SMILES string of the molecule is Cc1cc(CN2CC3CC3C2=O)ccc1Cn1cc(C(=O)N[C@@H]2CCc3nc(N)ccc32)cn1. The second kappa shape index (κ2) is 7.97. The Bertz CT molecular complexity index is 1300. The molecule has 8 nitrogen and oxygen atoms in total. The molecule has 3 heterocycles. The zero-order valence-corrected chi connectivity index (χ0v) is 19.2. The lowest BCUT2D eigenvalue weighted by atomic mass is 10.0. The predicted molar refractivity (Wildman–Crippen MR) is 127 cm³/mol. The van der Waals surface area contributed by atoms with Gasteiger partial charge in [0.05, 0.1) is 24.3 Å². The Morgan fingerprint density at radius 3 is 2.91 bits per heavy atom. The lowest BCUT2D eigenvalue weighted by Gasteiger charge is -2.19. The number of aryl methyl sites for hydroxylation is 2. The fourth-order valence-electron chi connectivity index (χ4n) is 5.37. The molecule has 3 aromatic rings. The summed E-state index contributed by atoms with van der Waals surface area (Å²) < 4.78 is 1.79. The molecule has 3 N–H and O–H groups in total. The number of carbonyl (C=O) groups excluding carboxylic acids is 2. The first-order valence-electron chi connectivity index (χ1n) is 11.9. The van der Waals surface area contributed by atoms with Crippen LogP contribution in [0.2, 0.25) is 0 Å². The largest absolute Gasteiger partial charge is 0.384 e. The fraction of sp³-hybridized carbons (Fsp3) is 0.385. The molecule has 1 aromatic carbocycles. The number of anilines is 1. The molecule has 3 atom stereocenters. The van der Waals surface area contributed by atoms with Gasteiger partial charge < -0.3 is 16.0 Å². The standard InChI is InChI=1S/C26H28N6O2/c1-15-8-16(11-31-12-18-9-21(18)26(31)34)2-3-17(15)13-32-14-19(10-28-32)25(33)30-23-6-5-22-20(23)4-7-24(27)29-22/h2-4,7-8,10,14,18,21,23H,5-6,9,11-13H2,1H3,(H2,27,29)(H,30,33)/t18?,21?,23-/m1/s1. The van der Waals surface area contributed by atoms with Crippen LogP contribution in [0.5, 0.6) is 0 Å². The van der Waals surface area contributed by atoms with Gasteiger partial charge in [0, 0.05) is 30.9 Å². The number of aromatic nitrogens is 3. The Hall–Kier alpha value is -3.68. The molecule has 34 heavy (non-hydrogen) atoms. The number of fused-ring (bicyclic) bond motifs is 2. The number of likely N-dealkylation sites (tertiary alicyclic amines) is 1. The number of nitrogens with two attached hydrogens (primary N) is 1. The minimum atomic E-state index is -0.138. The minimum absolute atomic E-state index is 0.0536. The Balaban J connectivity index is 1.09. The third kappa shape index (κ3) is 3.83. The van der Waals surface area contributed by atoms with Crippen molar-refractivity contribution in [3.63, 3.8) is 0 Å². The molecule has 0 spiro atoms. The van der Waals surface area contributed by atoms with Crippen molar-refractivity contribution in [2.24, 2.45) is 11.8 Å². The quantitative estimate of drug-likeness (QED) is 0.593. The molecule has 1 saturated carbocycles. The molecule has 2 aliphatic carbocycles. The number of piperidine rings is 1. The van der Waals surface area contributed by atoms with Crippen molar-refractivity contribution < 1.29 is 9.59 Å². The van der Waals surface area contributed by atoms with E-state index in [-0.39, 0.29) is 11.9 Å². The number of pyridine rings is 1. The van der Waals surface area contributed by atoms with Crippen LogP contribution in [0, 0.1) is 18.8 Å². The van der Waals surface area contributed by atoms with Gasteiger partial charge in [-0.05, 0) is 60.4 Å². The van der Waals surface area contributed by atoms with Crippen LogP contribution in [-0.2, 0) is 24.3 Å². The molecule has 8 heteroatoms. The van der Waals surface area contributed by atoms with E-state index in [4.69, 9.17) is 5.73 Å². The molecule has 6 rings (SSSR count). The zero-order chi connectivity index (χ0) is 23.4. The van der Waals surface area contributed by atoms with Gasteiger partial charge in [-0.1, -0.05) is 24.3 Å². The molecule has 2 unspecified atom stereocenters. The van der Waals surface area contributed by atoms with Crippen LogP contribution < -0.4 is 11.1 Å². The van der Waals surface area contributed by atoms with E-state index < -0.39 is 0 Å². The summed E-state index contributed by atoms with van der Waals surface area (Å²) in [5.74, 6) is 1.58. The molecular weight excluding hydrogens is 428 g/mol. The minimum Gasteiger partial charge on any atom is -0.384 e. The van der Waals surface area contributed by atoms with E-state index >= 15 is 0 Å². The van der Waals surface area contributed by atoms with Crippen molar-refractivity contribution in [1.29, 1.82) is 0 Å². The lowest BCUT2D eigenvalue weighted by molar-refractivity contribution is -0.130. The molecular formula is C26H28N6O2. The second-order valence-electron chi connectivity index (χ2n) is 9.85. The Morgan fingerprint density at radius 1 is 1.24 bits per heavy atom. The molecule has 174 valence electrons. The first-order chi connectivity index (χ1) is 16.4. The average molecular weight is 457 g/mol. The van der Waals surface area contributed by atoms with Crippen molar-refractivity contribution in [1.82, 2.24) is 25.0 Å². The number of nitrogen functional groups attached to an aromatic ring is 1. The van der Waals surface area contributed by atoms with Gasteiger partial charge in [0.15, 0.2) is 0 Å². The van der Waals surface area contributed by atoms with Gasteiger partial charge in [-0.15, -0.1) is 0 Å². The second-order valence-corrected chi connectivity index (χ2v) is 9.85. The van der Waals surface area contributed by atoms with Crippen LogP contribution in [0.25, 0.3) is 0 Å². The van der Waals surface area contributed by atoms with Crippen LogP contribution in [0.3, 0.4) is 0 Å². The van der Waals surface area contributed by atoms with Crippen LogP contribution >= 0.6 is 0 Å². The van der Waals surface area contributed by atoms with Crippen LogP contribution in [0.1, 0.15) is 57.2 Å². The number of amides is 2. The number of nitrogens with one attached hydrogen (secondary N) is 1. The van der Waals surface area contributed by atoms with Crippen LogP contribution in [0.15, 0.2) is 42.7 Å². The van der Waals surface area contributed by atoms with Crippen molar-refractivity contribution >= 4 is 17.6 Å². The number of nitrogens with zero attached hydrogens (tertiary/aromatic N) is 4. The van der Waals surface area contributed by atoms with E-state index in [0.29, 0.717) is 42.2 Å². The number of benzene rings is 1. The van der Waals surface area contributed by atoms with Gasteiger partial charge in [0.1, 0.15) is 5.82 Å².